The lowest BCUT2D eigenvalue weighted by Gasteiger charge is -2.18. The molecule has 1 amide bonds. The lowest BCUT2D eigenvalue weighted by atomic mass is 10.1. The minimum atomic E-state index is -0.274. The molecule has 0 saturated carbocycles. The molecule has 0 radical (unpaired) electrons. The lowest BCUT2D eigenvalue weighted by Crippen LogP contribution is -2.26. The van der Waals surface area contributed by atoms with E-state index in [1.54, 1.807) is 24.1 Å². The number of amides is 1. The Bertz CT molecular complexity index is 630. The summed E-state index contributed by atoms with van der Waals surface area (Å²) in [7, 11) is 1.74. The summed E-state index contributed by atoms with van der Waals surface area (Å²) in [6.07, 6.45) is 0. The van der Waals surface area contributed by atoms with E-state index < -0.39 is 0 Å². The van der Waals surface area contributed by atoms with Gasteiger partial charge in [-0.05, 0) is 58.5 Å². The molecular weight excluding hydrogens is 436 g/mol. The third-order valence-electron chi connectivity index (χ3n) is 2.84. The molecule has 0 saturated heterocycles. The summed E-state index contributed by atoms with van der Waals surface area (Å²) in [5.74, 6) is -0.329. The first-order valence-electron chi connectivity index (χ1n) is 5.92. The Labute approximate surface area is 139 Å². The molecule has 104 valence electrons. The second kappa shape index (κ2) is 6.67. The molecule has 0 aliphatic rings. The maximum atomic E-state index is 12.9. The molecule has 2 aromatic carbocycles. The average Bonchev–Trinajstić information content (AvgIpc) is 2.43. The van der Waals surface area contributed by atoms with Crippen molar-refractivity contribution in [3.63, 3.8) is 0 Å². The van der Waals surface area contributed by atoms with Gasteiger partial charge in [-0.2, -0.15) is 0 Å². The summed E-state index contributed by atoms with van der Waals surface area (Å²) in [5.41, 5.74) is 1.55. The minimum Gasteiger partial charge on any atom is -0.337 e. The second-order valence-corrected chi connectivity index (χ2v) is 6.49. The Kier molecular flexibility index (Phi) is 5.15. The van der Waals surface area contributed by atoms with Crippen LogP contribution in [0.5, 0.6) is 0 Å². The zero-order chi connectivity index (χ0) is 14.7. The Hall–Kier alpha value is -0.950. The van der Waals surface area contributed by atoms with Gasteiger partial charge < -0.3 is 4.90 Å². The van der Waals surface area contributed by atoms with E-state index >= 15 is 0 Å². The number of benzene rings is 2. The third-order valence-corrected chi connectivity index (χ3v) is 4.27. The Morgan fingerprint density at radius 1 is 1.25 bits per heavy atom. The van der Waals surface area contributed by atoms with E-state index in [1.807, 2.05) is 18.2 Å². The summed E-state index contributed by atoms with van der Waals surface area (Å²) in [6.45, 7) is 0.446. The normalized spacial score (nSPS) is 10.4. The van der Waals surface area contributed by atoms with Crippen LogP contribution in [0.2, 0.25) is 0 Å². The van der Waals surface area contributed by atoms with Gasteiger partial charge in [0.05, 0.1) is 5.56 Å². The van der Waals surface area contributed by atoms with Gasteiger partial charge in [-0.15, -0.1) is 0 Å². The fourth-order valence-electron chi connectivity index (χ4n) is 1.80. The van der Waals surface area contributed by atoms with Gasteiger partial charge >= 0.3 is 0 Å². The SMILES string of the molecule is CN(Cc1ccc(F)cc1)C(=O)c1cc(Br)ccc1I. The number of hydrogen-bond acceptors (Lipinski definition) is 1. The number of rotatable bonds is 3. The van der Waals surface area contributed by atoms with Crippen LogP contribution in [0, 0.1) is 9.39 Å². The first kappa shape index (κ1) is 15.4. The maximum Gasteiger partial charge on any atom is 0.255 e. The van der Waals surface area contributed by atoms with Crippen molar-refractivity contribution in [2.75, 3.05) is 7.05 Å². The number of hydrogen-bond donors (Lipinski definition) is 0. The Morgan fingerprint density at radius 3 is 2.55 bits per heavy atom. The fourth-order valence-corrected chi connectivity index (χ4v) is 2.73. The Balaban J connectivity index is 2.16. The summed E-state index contributed by atoms with van der Waals surface area (Å²) in [6, 6.07) is 11.8. The van der Waals surface area contributed by atoms with Crippen molar-refractivity contribution in [3.05, 3.63) is 67.5 Å². The first-order valence-corrected chi connectivity index (χ1v) is 7.79. The van der Waals surface area contributed by atoms with Gasteiger partial charge in [-0.1, -0.05) is 28.1 Å². The van der Waals surface area contributed by atoms with Gasteiger partial charge in [0.1, 0.15) is 5.82 Å². The molecule has 0 atom stereocenters. The van der Waals surface area contributed by atoms with Crippen molar-refractivity contribution in [2.24, 2.45) is 0 Å². The van der Waals surface area contributed by atoms with Crippen molar-refractivity contribution in [1.82, 2.24) is 4.90 Å². The highest BCUT2D eigenvalue weighted by Gasteiger charge is 2.15. The number of nitrogens with zero attached hydrogens (tertiary/aromatic N) is 1. The second-order valence-electron chi connectivity index (χ2n) is 4.41. The van der Waals surface area contributed by atoms with E-state index in [2.05, 4.69) is 38.5 Å². The summed E-state index contributed by atoms with van der Waals surface area (Å²) >= 11 is 5.52. The molecule has 2 aromatic rings. The van der Waals surface area contributed by atoms with Crippen LogP contribution >= 0.6 is 38.5 Å². The van der Waals surface area contributed by atoms with E-state index in [0.717, 1.165) is 13.6 Å². The molecule has 0 fully saturated rings. The summed E-state index contributed by atoms with van der Waals surface area (Å²) in [4.78, 5) is 14.0. The van der Waals surface area contributed by atoms with E-state index in [1.165, 1.54) is 12.1 Å². The monoisotopic (exact) mass is 447 g/mol. The van der Waals surface area contributed by atoms with Gasteiger partial charge in [-0.25, -0.2) is 4.39 Å². The molecule has 0 spiro atoms. The highest BCUT2D eigenvalue weighted by atomic mass is 127. The molecule has 0 N–H and O–H groups in total. The summed E-state index contributed by atoms with van der Waals surface area (Å²) in [5, 5.41) is 0. The average molecular weight is 448 g/mol. The summed E-state index contributed by atoms with van der Waals surface area (Å²) < 4.78 is 14.6. The zero-order valence-electron chi connectivity index (χ0n) is 10.7. The molecule has 0 unspecified atom stereocenters. The van der Waals surface area contributed by atoms with Gasteiger partial charge in [-0.3, -0.25) is 4.79 Å². The van der Waals surface area contributed by atoms with E-state index in [9.17, 15) is 9.18 Å². The standard InChI is InChI=1S/C15H12BrFINO/c1-19(9-10-2-5-12(17)6-3-10)15(20)13-8-11(16)4-7-14(13)18/h2-8H,9H2,1H3. The zero-order valence-corrected chi connectivity index (χ0v) is 14.5. The predicted molar refractivity (Wildman–Crippen MR) is 89.1 cm³/mol. The lowest BCUT2D eigenvalue weighted by molar-refractivity contribution is 0.0784. The number of carbonyl (C=O) groups is 1. The van der Waals surface area contributed by atoms with Crippen LogP contribution in [0.3, 0.4) is 0 Å². The van der Waals surface area contributed by atoms with Crippen molar-refractivity contribution in [1.29, 1.82) is 0 Å². The largest absolute Gasteiger partial charge is 0.337 e. The van der Waals surface area contributed by atoms with Crippen molar-refractivity contribution in [3.8, 4) is 0 Å². The predicted octanol–water partition coefficient (Wildman–Crippen LogP) is 4.47. The molecular formula is C15H12BrFINO. The molecule has 0 aliphatic heterocycles. The van der Waals surface area contributed by atoms with Gasteiger partial charge in [0.2, 0.25) is 0 Å². The highest BCUT2D eigenvalue weighted by molar-refractivity contribution is 14.1. The van der Waals surface area contributed by atoms with Crippen molar-refractivity contribution < 1.29 is 9.18 Å². The topological polar surface area (TPSA) is 20.3 Å². The van der Waals surface area contributed by atoms with E-state index in [0.29, 0.717) is 12.1 Å². The molecule has 0 aromatic heterocycles. The molecule has 20 heavy (non-hydrogen) atoms. The highest BCUT2D eigenvalue weighted by Crippen LogP contribution is 2.20. The third kappa shape index (κ3) is 3.79. The first-order chi connectivity index (χ1) is 9.47. The molecule has 0 heterocycles. The van der Waals surface area contributed by atoms with Crippen LogP contribution < -0.4 is 0 Å². The van der Waals surface area contributed by atoms with E-state index in [4.69, 9.17) is 0 Å². The van der Waals surface area contributed by atoms with E-state index in [-0.39, 0.29) is 11.7 Å². The smallest absolute Gasteiger partial charge is 0.255 e. The van der Waals surface area contributed by atoms with Gasteiger partial charge in [0, 0.05) is 21.6 Å². The molecule has 5 heteroatoms. The number of halogens is 3. The van der Waals surface area contributed by atoms with Crippen molar-refractivity contribution in [2.45, 2.75) is 6.54 Å². The van der Waals surface area contributed by atoms with Gasteiger partial charge in [0.25, 0.3) is 5.91 Å². The number of carbonyl (C=O) groups excluding carboxylic acids is 1. The molecule has 2 rings (SSSR count). The Morgan fingerprint density at radius 2 is 1.90 bits per heavy atom. The van der Waals surface area contributed by atoms with Crippen LogP contribution in [0.1, 0.15) is 15.9 Å². The van der Waals surface area contributed by atoms with Crippen molar-refractivity contribution >= 4 is 44.4 Å². The van der Waals surface area contributed by atoms with Crippen LogP contribution in [0.25, 0.3) is 0 Å². The van der Waals surface area contributed by atoms with Crippen LogP contribution in [0.4, 0.5) is 4.39 Å². The maximum absolute atomic E-state index is 12.9. The molecule has 0 aliphatic carbocycles. The van der Waals surface area contributed by atoms with Crippen LogP contribution in [-0.4, -0.2) is 17.9 Å². The van der Waals surface area contributed by atoms with Gasteiger partial charge in [0.15, 0.2) is 0 Å². The quantitative estimate of drug-likeness (QED) is 0.636. The van der Waals surface area contributed by atoms with Crippen LogP contribution in [-0.2, 0) is 6.54 Å². The fraction of sp³-hybridized carbons (Fsp3) is 0.133. The van der Waals surface area contributed by atoms with Crippen LogP contribution in [0.15, 0.2) is 46.9 Å². The molecule has 2 nitrogen and oxygen atoms in total. The molecule has 0 bridgehead atoms. The minimum absolute atomic E-state index is 0.0555.